The van der Waals surface area contributed by atoms with Crippen LogP contribution in [0, 0.1) is 0 Å². The van der Waals surface area contributed by atoms with Gasteiger partial charge in [0.2, 0.25) is 0 Å². The molecule has 1 aliphatic rings. The molecule has 3 heterocycles. The highest BCUT2D eigenvalue weighted by atomic mass is 32.1. The zero-order chi connectivity index (χ0) is 25.0. The Morgan fingerprint density at radius 1 is 0.784 bits per heavy atom. The largest absolute Gasteiger partial charge is 0.456 e. The second-order valence-electron chi connectivity index (χ2n) is 9.21. The first kappa shape index (κ1) is 23.4. The lowest BCUT2D eigenvalue weighted by Gasteiger charge is -2.26. The Kier molecular flexibility index (Phi) is 6.66. The molecule has 2 aromatic carbocycles. The number of para-hydroxylation sites is 1. The van der Waals surface area contributed by atoms with Gasteiger partial charge in [0, 0.05) is 17.8 Å². The minimum atomic E-state index is -0.165. The summed E-state index contributed by atoms with van der Waals surface area (Å²) in [5, 5.41) is 17.4. The maximum atomic E-state index is 9.74. The topological polar surface area (TPSA) is 92.2 Å². The average Bonchev–Trinajstić information content (AvgIpc) is 3.32. The van der Waals surface area contributed by atoms with Crippen molar-refractivity contribution in [1.82, 2.24) is 15.0 Å². The molecule has 0 spiro atoms. The first-order chi connectivity index (χ1) is 18.2. The second-order valence-corrected chi connectivity index (χ2v) is 10.2. The molecule has 37 heavy (non-hydrogen) atoms. The predicted molar refractivity (Wildman–Crippen MR) is 149 cm³/mol. The quantitative estimate of drug-likeness (QED) is 0.217. The van der Waals surface area contributed by atoms with E-state index in [4.69, 9.17) is 14.7 Å². The molecule has 3 N–H and O–H groups in total. The number of aromatic nitrogens is 3. The number of nitrogens with one attached hydrogen (secondary N) is 2. The minimum absolute atomic E-state index is 0.165. The van der Waals surface area contributed by atoms with Gasteiger partial charge in [-0.2, -0.15) is 0 Å². The highest BCUT2D eigenvalue weighted by Crippen LogP contribution is 2.33. The Hall–Kier alpha value is -4.01. The molecule has 0 aliphatic heterocycles. The standard InChI is InChI=1S/C29H27N5O2S/c35-22-12-10-21(11-13-22)31-27-7-4-8-28(33-27)34-29-32-25-14-9-19(16-26(25)37-29)20-15-24(18-30-17-20)36-23-5-2-1-3-6-23/h1-9,14-18,21-22,35H,10-13H2,(H2,31,32,33,34). The van der Waals surface area contributed by atoms with Gasteiger partial charge in [-0.1, -0.05) is 41.7 Å². The maximum absolute atomic E-state index is 9.74. The number of thiazole rings is 1. The van der Waals surface area contributed by atoms with E-state index in [1.807, 2.05) is 66.9 Å². The van der Waals surface area contributed by atoms with Crippen LogP contribution in [0.3, 0.4) is 0 Å². The highest BCUT2D eigenvalue weighted by molar-refractivity contribution is 7.22. The number of fused-ring (bicyclic) bond motifs is 1. The SMILES string of the molecule is OC1CCC(Nc2cccc(Nc3nc4ccc(-c5cncc(Oc6ccccc6)c5)cc4s3)n2)CC1. The van der Waals surface area contributed by atoms with Gasteiger partial charge in [0.1, 0.15) is 23.1 Å². The van der Waals surface area contributed by atoms with Gasteiger partial charge in [0.05, 0.1) is 22.5 Å². The summed E-state index contributed by atoms with van der Waals surface area (Å²) in [7, 11) is 0. The van der Waals surface area contributed by atoms with Crippen LogP contribution in [0.1, 0.15) is 25.7 Å². The summed E-state index contributed by atoms with van der Waals surface area (Å²) in [5.41, 5.74) is 2.96. The number of ether oxygens (including phenoxy) is 1. The van der Waals surface area contributed by atoms with Crippen LogP contribution in [-0.2, 0) is 0 Å². The predicted octanol–water partition coefficient (Wildman–Crippen LogP) is 7.00. The van der Waals surface area contributed by atoms with Crippen LogP contribution in [0.2, 0.25) is 0 Å². The van der Waals surface area contributed by atoms with Crippen molar-refractivity contribution in [2.45, 2.75) is 37.8 Å². The van der Waals surface area contributed by atoms with Gasteiger partial charge in [0.25, 0.3) is 0 Å². The number of aliphatic hydroxyl groups is 1. The zero-order valence-corrected chi connectivity index (χ0v) is 21.0. The minimum Gasteiger partial charge on any atom is -0.456 e. The molecule has 1 fully saturated rings. The Morgan fingerprint density at radius 2 is 1.62 bits per heavy atom. The maximum Gasteiger partial charge on any atom is 0.189 e. The molecule has 0 saturated heterocycles. The van der Waals surface area contributed by atoms with Gasteiger partial charge in [-0.3, -0.25) is 4.98 Å². The third-order valence-electron chi connectivity index (χ3n) is 6.45. The van der Waals surface area contributed by atoms with Crippen LogP contribution in [0.15, 0.2) is 85.2 Å². The smallest absolute Gasteiger partial charge is 0.189 e. The van der Waals surface area contributed by atoms with Crippen molar-refractivity contribution >= 4 is 38.3 Å². The molecular formula is C29H27N5O2S. The summed E-state index contributed by atoms with van der Waals surface area (Å²) in [5.74, 6) is 3.05. The lowest BCUT2D eigenvalue weighted by molar-refractivity contribution is 0.126. The van der Waals surface area contributed by atoms with E-state index >= 15 is 0 Å². The van der Waals surface area contributed by atoms with E-state index in [2.05, 4.69) is 27.8 Å². The van der Waals surface area contributed by atoms with Crippen LogP contribution in [0.5, 0.6) is 11.5 Å². The summed E-state index contributed by atoms with van der Waals surface area (Å²) < 4.78 is 7.03. The van der Waals surface area contributed by atoms with Crippen LogP contribution >= 0.6 is 11.3 Å². The molecule has 3 aromatic heterocycles. The van der Waals surface area contributed by atoms with E-state index in [0.717, 1.165) is 69.5 Å². The molecule has 5 aromatic rings. The van der Waals surface area contributed by atoms with E-state index in [-0.39, 0.29) is 6.10 Å². The fraction of sp³-hybridized carbons (Fsp3) is 0.207. The third kappa shape index (κ3) is 5.71. The van der Waals surface area contributed by atoms with E-state index < -0.39 is 0 Å². The van der Waals surface area contributed by atoms with Crippen LogP contribution in [0.25, 0.3) is 21.3 Å². The monoisotopic (exact) mass is 509 g/mol. The number of nitrogens with zero attached hydrogens (tertiary/aromatic N) is 3. The second kappa shape index (κ2) is 10.5. The number of anilines is 3. The summed E-state index contributed by atoms with van der Waals surface area (Å²) >= 11 is 1.59. The molecule has 0 amide bonds. The molecule has 1 aliphatic carbocycles. The van der Waals surface area contributed by atoms with Gasteiger partial charge in [-0.15, -0.1) is 0 Å². The number of rotatable bonds is 7. The van der Waals surface area contributed by atoms with Crippen LogP contribution < -0.4 is 15.4 Å². The molecule has 186 valence electrons. The zero-order valence-electron chi connectivity index (χ0n) is 20.2. The van der Waals surface area contributed by atoms with Gasteiger partial charge in [0.15, 0.2) is 5.13 Å². The van der Waals surface area contributed by atoms with Crippen molar-refractivity contribution in [3.63, 3.8) is 0 Å². The molecule has 0 unspecified atom stereocenters. The Labute approximate surface area is 219 Å². The van der Waals surface area contributed by atoms with E-state index in [1.165, 1.54) is 0 Å². The van der Waals surface area contributed by atoms with Crippen LogP contribution in [0.4, 0.5) is 16.8 Å². The molecule has 7 nitrogen and oxygen atoms in total. The Morgan fingerprint density at radius 3 is 2.49 bits per heavy atom. The fourth-order valence-electron chi connectivity index (χ4n) is 4.54. The molecule has 6 rings (SSSR count). The van der Waals surface area contributed by atoms with Gasteiger partial charge >= 0.3 is 0 Å². The van der Waals surface area contributed by atoms with Gasteiger partial charge in [-0.25, -0.2) is 9.97 Å². The first-order valence-corrected chi connectivity index (χ1v) is 13.3. The van der Waals surface area contributed by atoms with E-state index in [0.29, 0.717) is 11.8 Å². The molecule has 8 heteroatoms. The molecule has 0 bridgehead atoms. The number of benzene rings is 2. The van der Waals surface area contributed by atoms with Crippen molar-refractivity contribution in [2.75, 3.05) is 10.6 Å². The van der Waals surface area contributed by atoms with E-state index in [9.17, 15) is 5.11 Å². The Balaban J connectivity index is 1.17. The molecule has 0 atom stereocenters. The summed E-state index contributed by atoms with van der Waals surface area (Å²) in [6.07, 6.45) is 6.98. The molecular weight excluding hydrogens is 482 g/mol. The Bertz CT molecular complexity index is 1500. The number of aliphatic hydroxyl groups excluding tert-OH is 1. The summed E-state index contributed by atoms with van der Waals surface area (Å²) in [6, 6.07) is 24.2. The average molecular weight is 510 g/mol. The van der Waals surface area contributed by atoms with Crippen molar-refractivity contribution in [2.24, 2.45) is 0 Å². The lowest BCUT2D eigenvalue weighted by atomic mass is 9.93. The van der Waals surface area contributed by atoms with Crippen molar-refractivity contribution in [3.05, 3.63) is 85.2 Å². The number of pyridine rings is 2. The van der Waals surface area contributed by atoms with Crippen molar-refractivity contribution in [1.29, 1.82) is 0 Å². The molecule has 1 saturated carbocycles. The van der Waals surface area contributed by atoms with Crippen molar-refractivity contribution < 1.29 is 9.84 Å². The number of hydrogen-bond donors (Lipinski definition) is 3. The molecule has 0 radical (unpaired) electrons. The van der Waals surface area contributed by atoms with Gasteiger partial charge < -0.3 is 20.5 Å². The highest BCUT2D eigenvalue weighted by Gasteiger charge is 2.19. The van der Waals surface area contributed by atoms with Crippen molar-refractivity contribution in [3.8, 4) is 22.6 Å². The van der Waals surface area contributed by atoms with E-state index in [1.54, 1.807) is 17.5 Å². The third-order valence-corrected chi connectivity index (χ3v) is 7.38. The fourth-order valence-corrected chi connectivity index (χ4v) is 5.45. The lowest BCUT2D eigenvalue weighted by Crippen LogP contribution is -2.28. The summed E-state index contributed by atoms with van der Waals surface area (Å²) in [4.78, 5) is 13.8. The van der Waals surface area contributed by atoms with Crippen LogP contribution in [-0.4, -0.2) is 32.2 Å². The number of hydrogen-bond acceptors (Lipinski definition) is 8. The van der Waals surface area contributed by atoms with Gasteiger partial charge in [-0.05, 0) is 73.7 Å². The first-order valence-electron chi connectivity index (χ1n) is 12.5. The summed E-state index contributed by atoms with van der Waals surface area (Å²) in [6.45, 7) is 0. The normalized spacial score (nSPS) is 17.4.